The van der Waals surface area contributed by atoms with Crippen LogP contribution in [0.2, 0.25) is 0 Å². The van der Waals surface area contributed by atoms with Gasteiger partial charge in [0.15, 0.2) is 0 Å². The van der Waals surface area contributed by atoms with Crippen molar-refractivity contribution in [2.24, 2.45) is 0 Å². The van der Waals surface area contributed by atoms with Gasteiger partial charge in [0.05, 0.1) is 0 Å². The lowest BCUT2D eigenvalue weighted by Gasteiger charge is -0.413. The van der Waals surface area contributed by atoms with E-state index in [2.05, 4.69) is 0 Å². The predicted molar refractivity (Wildman–Crippen MR) is 26.1 cm³/mol. The van der Waals surface area contributed by atoms with Crippen molar-refractivity contribution in [1.29, 1.82) is 0 Å². The summed E-state index contributed by atoms with van der Waals surface area (Å²) in [6, 6.07) is 0. The molecule has 4 heavy (non-hydrogen) atoms. The fraction of sp³-hybridized carbons (Fsp3) is 0. The summed E-state index contributed by atoms with van der Waals surface area (Å²) >= 11 is 0. The zero-order valence-electron chi connectivity index (χ0n) is 1.41. The monoisotopic (exact) mass is 142 g/mol. The van der Waals surface area contributed by atoms with Crippen molar-refractivity contribution < 1.29 is 11.0 Å². The second kappa shape index (κ2) is 30.7. The van der Waals surface area contributed by atoms with Crippen LogP contribution in [0, 0.1) is 0 Å². The van der Waals surface area contributed by atoms with Crippen LogP contribution in [0.4, 0.5) is 0 Å². The molecule has 0 aromatic rings. The third-order valence-corrected chi connectivity index (χ3v) is 0. The maximum absolute atomic E-state index is 0. The van der Waals surface area contributed by atoms with Crippen LogP contribution in [0.25, 0.3) is 0 Å². The maximum Gasteiger partial charge on any atom is 0.316 e. The molecular formula is H7BrMgO2. The van der Waals surface area contributed by atoms with Gasteiger partial charge in [0, 0.05) is 0 Å². The lowest BCUT2D eigenvalue weighted by Crippen LogP contribution is -0.381. The Hall–Kier alpha value is 1.17. The minimum atomic E-state index is 0. The molecule has 0 saturated carbocycles. The standard InChI is InChI=1S/BrH.Mg.2H2O.2H/h1H;;2*1H2;;. The van der Waals surface area contributed by atoms with Crippen molar-refractivity contribution in [3.8, 4) is 0 Å². The zero-order valence-corrected chi connectivity index (χ0v) is 3.12. The first-order valence-corrected chi connectivity index (χ1v) is 0. The van der Waals surface area contributed by atoms with Gasteiger partial charge < -0.3 is 11.0 Å². The molecule has 0 aliphatic heterocycles. The summed E-state index contributed by atoms with van der Waals surface area (Å²) in [5.41, 5.74) is 0. The van der Waals surface area contributed by atoms with Crippen molar-refractivity contribution in [2.75, 3.05) is 0 Å². The normalized spacial score (nSPS) is 0. The molecule has 0 saturated heterocycles. The van der Waals surface area contributed by atoms with Crippen LogP contribution in [-0.4, -0.2) is 34.0 Å². The number of rotatable bonds is 0. The summed E-state index contributed by atoms with van der Waals surface area (Å²) in [4.78, 5) is 0. The van der Waals surface area contributed by atoms with E-state index in [1.54, 1.807) is 0 Å². The number of hydrogen-bond donors (Lipinski definition) is 0. The molecular weight excluding hydrogens is 136 g/mol. The molecule has 0 unspecified atom stereocenters. The van der Waals surface area contributed by atoms with Gasteiger partial charge in [-0.15, -0.1) is 17.0 Å². The van der Waals surface area contributed by atoms with Gasteiger partial charge in [-0.2, -0.15) is 0 Å². The molecule has 0 aliphatic rings. The molecule has 0 amide bonds. The highest BCUT2D eigenvalue weighted by atomic mass is 79.9. The molecule has 0 heterocycles. The largest absolute Gasteiger partial charge is 0.412 e. The van der Waals surface area contributed by atoms with Gasteiger partial charge in [-0.1, -0.05) is 0 Å². The lowest BCUT2D eigenvalue weighted by molar-refractivity contribution is 0.823. The summed E-state index contributed by atoms with van der Waals surface area (Å²) in [6.07, 6.45) is 0. The van der Waals surface area contributed by atoms with Gasteiger partial charge in [0.25, 0.3) is 0 Å². The molecule has 0 atom stereocenters. The quantitative estimate of drug-likeness (QED) is 0.353. The fourth-order valence-electron chi connectivity index (χ4n) is 0. The summed E-state index contributed by atoms with van der Waals surface area (Å²) in [7, 11) is 0. The molecule has 4 N–H and O–H groups in total. The summed E-state index contributed by atoms with van der Waals surface area (Å²) < 4.78 is 0. The van der Waals surface area contributed by atoms with E-state index in [4.69, 9.17) is 0 Å². The molecule has 0 rings (SSSR count). The van der Waals surface area contributed by atoms with Gasteiger partial charge in [0.2, 0.25) is 0 Å². The van der Waals surface area contributed by atoms with Crippen molar-refractivity contribution in [2.45, 2.75) is 0 Å². The predicted octanol–water partition coefficient (Wildman–Crippen LogP) is -1.99. The van der Waals surface area contributed by atoms with Gasteiger partial charge in [-0.05, 0) is 0 Å². The third-order valence-electron chi connectivity index (χ3n) is 0. The SMILES string of the molecule is Br.O.O.[MgH2]. The first-order valence-electron chi connectivity index (χ1n) is 0. The van der Waals surface area contributed by atoms with Crippen molar-refractivity contribution >= 4 is 40.0 Å². The second-order valence-corrected chi connectivity index (χ2v) is 0. The molecule has 0 aliphatic carbocycles. The number of hydrogen-bond acceptors (Lipinski definition) is 0. The first-order chi connectivity index (χ1) is 0. The van der Waals surface area contributed by atoms with Crippen LogP contribution < -0.4 is 0 Å². The van der Waals surface area contributed by atoms with Gasteiger partial charge in [0.1, 0.15) is 0 Å². The average molecular weight is 143 g/mol. The van der Waals surface area contributed by atoms with Crippen LogP contribution in [0.1, 0.15) is 0 Å². The Kier molecular flexibility index (Phi) is 506. The zero-order chi connectivity index (χ0) is 0. The molecule has 0 fully saturated rings. The van der Waals surface area contributed by atoms with E-state index in [9.17, 15) is 0 Å². The summed E-state index contributed by atoms with van der Waals surface area (Å²) in [6.45, 7) is 0. The van der Waals surface area contributed by atoms with E-state index >= 15 is 0 Å². The minimum absolute atomic E-state index is 0. The van der Waals surface area contributed by atoms with Crippen molar-refractivity contribution in [3.63, 3.8) is 0 Å². The van der Waals surface area contributed by atoms with Gasteiger partial charge >= 0.3 is 23.1 Å². The van der Waals surface area contributed by atoms with Gasteiger partial charge in [-0.25, -0.2) is 0 Å². The van der Waals surface area contributed by atoms with Crippen molar-refractivity contribution in [3.05, 3.63) is 0 Å². The Balaban J connectivity index is 0. The second-order valence-electron chi connectivity index (χ2n) is 0. The molecule has 2 nitrogen and oxygen atoms in total. The molecule has 4 heteroatoms. The van der Waals surface area contributed by atoms with E-state index in [1.165, 1.54) is 0 Å². The highest BCUT2D eigenvalue weighted by molar-refractivity contribution is 8.93. The Morgan fingerprint density at radius 1 is 0.750 bits per heavy atom. The van der Waals surface area contributed by atoms with E-state index in [0.29, 0.717) is 0 Å². The highest BCUT2D eigenvalue weighted by Crippen LogP contribution is 0.846. The van der Waals surface area contributed by atoms with Crippen LogP contribution in [-0.2, 0) is 0 Å². The van der Waals surface area contributed by atoms with E-state index in [-0.39, 0.29) is 51.0 Å². The highest BCUT2D eigenvalue weighted by Gasteiger charge is 0.316. The smallest absolute Gasteiger partial charge is 0.316 e. The topological polar surface area (TPSA) is 63.0 Å². The van der Waals surface area contributed by atoms with Crippen LogP contribution in [0.15, 0.2) is 0 Å². The average Bonchev–Trinajstić information content (AvgIpc) is 0. The Morgan fingerprint density at radius 3 is 0.750 bits per heavy atom. The minimum Gasteiger partial charge on any atom is -0.412 e. The van der Waals surface area contributed by atoms with Crippen LogP contribution in [0.3, 0.4) is 0 Å². The molecule has 0 radical (unpaired) electrons. The molecule has 0 bridgehead atoms. The van der Waals surface area contributed by atoms with E-state index in [0.717, 1.165) is 0 Å². The van der Waals surface area contributed by atoms with E-state index < -0.39 is 0 Å². The molecule has 0 aromatic heterocycles. The van der Waals surface area contributed by atoms with Crippen LogP contribution in [0.5, 0.6) is 0 Å². The maximum atomic E-state index is 0. The van der Waals surface area contributed by atoms with Crippen molar-refractivity contribution in [1.82, 2.24) is 0 Å². The molecule has 0 spiro atoms. The Bertz CT molecular complexity index is 6.00. The molecule has 28 valence electrons. The summed E-state index contributed by atoms with van der Waals surface area (Å²) in [5, 5.41) is 0. The third kappa shape index (κ3) is 10.9. The van der Waals surface area contributed by atoms with E-state index in [1.807, 2.05) is 0 Å². The summed E-state index contributed by atoms with van der Waals surface area (Å²) in [5.74, 6) is 0. The lowest BCUT2D eigenvalue weighted by atomic mass is 16.0. The Morgan fingerprint density at radius 2 is 0.750 bits per heavy atom. The Labute approximate surface area is 51.1 Å². The van der Waals surface area contributed by atoms with Crippen LogP contribution >= 0.6 is 17.0 Å². The first kappa shape index (κ1) is 65.9. The molecule has 0 aromatic carbocycles. The number of halogens is 1. The van der Waals surface area contributed by atoms with Gasteiger partial charge in [-0.3, -0.25) is 0 Å². The fourth-order valence-corrected chi connectivity index (χ4v) is 0.